The fourth-order valence-corrected chi connectivity index (χ4v) is 2.64. The van der Waals surface area contributed by atoms with Crippen molar-refractivity contribution in [2.24, 2.45) is 0 Å². The molecular formula is C17H14N4. The van der Waals surface area contributed by atoms with Crippen molar-refractivity contribution in [2.75, 3.05) is 0 Å². The normalized spacial score (nSPS) is 11.3. The third-order valence-corrected chi connectivity index (χ3v) is 3.74. The summed E-state index contributed by atoms with van der Waals surface area (Å²) in [6.07, 6.45) is 7.65. The van der Waals surface area contributed by atoms with Crippen LogP contribution in [0.3, 0.4) is 0 Å². The van der Waals surface area contributed by atoms with Crippen molar-refractivity contribution in [1.82, 2.24) is 19.4 Å². The molecule has 0 aliphatic heterocycles. The Hall–Kier alpha value is -2.75. The lowest BCUT2D eigenvalue weighted by atomic mass is 10.00. The number of pyridine rings is 1. The van der Waals surface area contributed by atoms with E-state index in [2.05, 4.69) is 46.3 Å². The van der Waals surface area contributed by atoms with Crippen LogP contribution in [-0.4, -0.2) is 19.4 Å². The minimum absolute atomic E-state index is 0.717. The Morgan fingerprint density at radius 2 is 1.90 bits per heavy atom. The average molecular weight is 274 g/mol. The van der Waals surface area contributed by atoms with E-state index < -0.39 is 0 Å². The Bertz CT molecular complexity index is 952. The molecule has 0 radical (unpaired) electrons. The second-order valence-corrected chi connectivity index (χ2v) is 5.29. The van der Waals surface area contributed by atoms with Gasteiger partial charge < -0.3 is 0 Å². The van der Waals surface area contributed by atoms with Gasteiger partial charge in [0, 0.05) is 35.7 Å². The predicted molar refractivity (Wildman–Crippen MR) is 83.2 cm³/mol. The fraction of sp³-hybridized carbons (Fsp3) is 0.118. The lowest BCUT2D eigenvalue weighted by Gasteiger charge is -2.10. The van der Waals surface area contributed by atoms with Gasteiger partial charge in [-0.2, -0.15) is 0 Å². The molecule has 0 unspecified atom stereocenters. The van der Waals surface area contributed by atoms with E-state index >= 15 is 0 Å². The van der Waals surface area contributed by atoms with Crippen LogP contribution in [0, 0.1) is 13.8 Å². The van der Waals surface area contributed by atoms with Crippen molar-refractivity contribution in [3.05, 3.63) is 60.2 Å². The lowest BCUT2D eigenvalue weighted by molar-refractivity contribution is 1.14. The molecular weight excluding hydrogens is 260 g/mol. The molecule has 102 valence electrons. The Labute approximate surface area is 122 Å². The van der Waals surface area contributed by atoms with Crippen molar-refractivity contribution in [2.45, 2.75) is 13.8 Å². The van der Waals surface area contributed by atoms with Gasteiger partial charge in [0.25, 0.3) is 0 Å². The SMILES string of the molecule is Cc1ccc(-c2c(C)ccc3nc4nccn4cc23)nc1. The minimum atomic E-state index is 0.717. The average Bonchev–Trinajstić information content (AvgIpc) is 2.94. The summed E-state index contributed by atoms with van der Waals surface area (Å²) in [4.78, 5) is 13.4. The van der Waals surface area contributed by atoms with Gasteiger partial charge in [-0.1, -0.05) is 12.1 Å². The number of benzene rings is 1. The largest absolute Gasteiger partial charge is 0.291 e. The van der Waals surface area contributed by atoms with E-state index in [9.17, 15) is 0 Å². The fourth-order valence-electron chi connectivity index (χ4n) is 2.64. The number of nitrogens with zero attached hydrogens (tertiary/aromatic N) is 4. The number of aryl methyl sites for hydroxylation is 2. The number of hydrogen-bond acceptors (Lipinski definition) is 3. The van der Waals surface area contributed by atoms with Crippen LogP contribution < -0.4 is 0 Å². The second-order valence-electron chi connectivity index (χ2n) is 5.29. The molecule has 4 aromatic rings. The van der Waals surface area contributed by atoms with Gasteiger partial charge in [0.05, 0.1) is 11.2 Å². The van der Waals surface area contributed by atoms with Gasteiger partial charge in [-0.25, -0.2) is 9.97 Å². The van der Waals surface area contributed by atoms with Crippen LogP contribution in [0.1, 0.15) is 11.1 Å². The summed E-state index contributed by atoms with van der Waals surface area (Å²) in [6, 6.07) is 8.28. The van der Waals surface area contributed by atoms with Gasteiger partial charge in [0.1, 0.15) is 0 Å². The molecule has 0 saturated heterocycles. The highest BCUT2D eigenvalue weighted by Gasteiger charge is 2.11. The number of aromatic nitrogens is 4. The first-order valence-corrected chi connectivity index (χ1v) is 6.88. The standard InChI is InChI=1S/C17H14N4/c1-11-3-5-15(19-9-11)16-12(2)4-6-14-13(16)10-21-8-7-18-17(21)20-14/h3-10H,1-2H3. The summed E-state index contributed by atoms with van der Waals surface area (Å²) < 4.78 is 1.94. The van der Waals surface area contributed by atoms with Gasteiger partial charge in [-0.15, -0.1) is 0 Å². The molecule has 3 aromatic heterocycles. The Morgan fingerprint density at radius 3 is 2.71 bits per heavy atom. The van der Waals surface area contributed by atoms with Gasteiger partial charge in [0.2, 0.25) is 5.78 Å². The zero-order chi connectivity index (χ0) is 14.4. The summed E-state index contributed by atoms with van der Waals surface area (Å²) in [6.45, 7) is 4.15. The van der Waals surface area contributed by atoms with E-state index in [1.807, 2.05) is 29.8 Å². The summed E-state index contributed by atoms with van der Waals surface area (Å²) in [5, 5.41) is 1.09. The summed E-state index contributed by atoms with van der Waals surface area (Å²) in [7, 11) is 0. The molecule has 21 heavy (non-hydrogen) atoms. The Kier molecular flexibility index (Phi) is 2.51. The van der Waals surface area contributed by atoms with Crippen LogP contribution in [0.5, 0.6) is 0 Å². The van der Waals surface area contributed by atoms with Gasteiger partial charge in [0.15, 0.2) is 0 Å². The van der Waals surface area contributed by atoms with Crippen molar-refractivity contribution >= 4 is 16.7 Å². The molecule has 1 aromatic carbocycles. The monoisotopic (exact) mass is 274 g/mol. The Balaban J connectivity index is 2.10. The second kappa shape index (κ2) is 4.38. The summed E-state index contributed by atoms with van der Waals surface area (Å²) >= 11 is 0. The van der Waals surface area contributed by atoms with Crippen LogP contribution >= 0.6 is 0 Å². The van der Waals surface area contributed by atoms with Crippen LogP contribution in [0.25, 0.3) is 27.9 Å². The first-order chi connectivity index (χ1) is 10.2. The third kappa shape index (κ3) is 1.88. The zero-order valence-corrected chi connectivity index (χ0v) is 11.9. The molecule has 0 N–H and O–H groups in total. The van der Waals surface area contributed by atoms with Crippen molar-refractivity contribution in [1.29, 1.82) is 0 Å². The molecule has 0 amide bonds. The van der Waals surface area contributed by atoms with Crippen LogP contribution in [-0.2, 0) is 0 Å². The molecule has 0 saturated carbocycles. The maximum absolute atomic E-state index is 4.61. The smallest absolute Gasteiger partial charge is 0.234 e. The molecule has 0 atom stereocenters. The molecule has 0 aliphatic rings. The summed E-state index contributed by atoms with van der Waals surface area (Å²) in [5.74, 6) is 0.717. The minimum Gasteiger partial charge on any atom is -0.291 e. The van der Waals surface area contributed by atoms with Crippen molar-refractivity contribution in [3.63, 3.8) is 0 Å². The van der Waals surface area contributed by atoms with E-state index in [1.54, 1.807) is 6.20 Å². The van der Waals surface area contributed by atoms with Crippen LogP contribution in [0.15, 0.2) is 49.1 Å². The van der Waals surface area contributed by atoms with E-state index in [4.69, 9.17) is 0 Å². The van der Waals surface area contributed by atoms with E-state index in [0.29, 0.717) is 5.78 Å². The highest BCUT2D eigenvalue weighted by Crippen LogP contribution is 2.30. The number of hydrogen-bond donors (Lipinski definition) is 0. The molecule has 4 rings (SSSR count). The maximum Gasteiger partial charge on any atom is 0.234 e. The van der Waals surface area contributed by atoms with Gasteiger partial charge >= 0.3 is 0 Å². The number of fused-ring (bicyclic) bond motifs is 2. The molecule has 0 bridgehead atoms. The lowest BCUT2D eigenvalue weighted by Crippen LogP contribution is -1.94. The van der Waals surface area contributed by atoms with Gasteiger partial charge in [-0.3, -0.25) is 9.38 Å². The van der Waals surface area contributed by atoms with E-state index in [0.717, 1.165) is 27.7 Å². The first kappa shape index (κ1) is 12.0. The molecule has 4 nitrogen and oxygen atoms in total. The van der Waals surface area contributed by atoms with Crippen LogP contribution in [0.4, 0.5) is 0 Å². The van der Waals surface area contributed by atoms with Gasteiger partial charge in [-0.05, 0) is 37.1 Å². The van der Waals surface area contributed by atoms with Crippen molar-refractivity contribution in [3.8, 4) is 11.3 Å². The highest BCUT2D eigenvalue weighted by atomic mass is 15.1. The maximum atomic E-state index is 4.61. The topological polar surface area (TPSA) is 43.1 Å². The number of rotatable bonds is 1. The first-order valence-electron chi connectivity index (χ1n) is 6.88. The zero-order valence-electron chi connectivity index (χ0n) is 11.9. The molecule has 0 fully saturated rings. The quantitative estimate of drug-likeness (QED) is 0.533. The highest BCUT2D eigenvalue weighted by molar-refractivity contribution is 5.95. The molecule has 0 spiro atoms. The van der Waals surface area contributed by atoms with E-state index in [1.165, 1.54) is 5.56 Å². The molecule has 4 heteroatoms. The molecule has 0 aliphatic carbocycles. The van der Waals surface area contributed by atoms with Crippen molar-refractivity contribution < 1.29 is 0 Å². The summed E-state index contributed by atoms with van der Waals surface area (Å²) in [5.41, 5.74) is 5.41. The van der Waals surface area contributed by atoms with E-state index in [-0.39, 0.29) is 0 Å². The third-order valence-electron chi connectivity index (χ3n) is 3.74. The molecule has 3 heterocycles. The Morgan fingerprint density at radius 1 is 1.00 bits per heavy atom. The van der Waals surface area contributed by atoms with Crippen LogP contribution in [0.2, 0.25) is 0 Å². The number of imidazole rings is 1. The predicted octanol–water partition coefficient (Wildman–Crippen LogP) is 3.56.